The van der Waals surface area contributed by atoms with Crippen molar-refractivity contribution in [1.29, 1.82) is 0 Å². The molecule has 2 N–H and O–H groups in total. The molecule has 20 heavy (non-hydrogen) atoms. The molecule has 102 valence electrons. The fourth-order valence-electron chi connectivity index (χ4n) is 2.25. The van der Waals surface area contributed by atoms with Crippen LogP contribution in [-0.4, -0.2) is 27.6 Å². The van der Waals surface area contributed by atoms with Crippen molar-refractivity contribution in [2.45, 2.75) is 13.0 Å². The number of nitrogens with one attached hydrogen (secondary N) is 1. The summed E-state index contributed by atoms with van der Waals surface area (Å²) in [6, 6.07) is 5.70. The van der Waals surface area contributed by atoms with E-state index in [-0.39, 0.29) is 11.5 Å². The summed E-state index contributed by atoms with van der Waals surface area (Å²) in [6.07, 6.45) is 0.659. The Hall–Kier alpha value is -2.34. The molecule has 6 heteroatoms. The van der Waals surface area contributed by atoms with E-state index in [1.165, 1.54) is 12.1 Å². The zero-order valence-corrected chi connectivity index (χ0v) is 10.6. The second-order valence-electron chi connectivity index (χ2n) is 4.56. The van der Waals surface area contributed by atoms with Crippen LogP contribution in [0.2, 0.25) is 0 Å². The Kier molecular flexibility index (Phi) is 3.15. The van der Waals surface area contributed by atoms with E-state index in [9.17, 15) is 14.3 Å². The molecule has 0 bridgehead atoms. The molecule has 1 aromatic heterocycles. The summed E-state index contributed by atoms with van der Waals surface area (Å²) in [5.74, 6) is -1.10. The number of rotatable bonds is 2. The van der Waals surface area contributed by atoms with Gasteiger partial charge in [-0.15, -0.1) is 0 Å². The van der Waals surface area contributed by atoms with E-state index in [1.807, 2.05) is 0 Å². The summed E-state index contributed by atoms with van der Waals surface area (Å²) in [7, 11) is 0. The average Bonchev–Trinajstić information content (AvgIpc) is 2.46. The number of carbonyl (C=O) groups is 1. The minimum absolute atomic E-state index is 0.0153. The third-order valence-corrected chi connectivity index (χ3v) is 3.24. The average molecular weight is 273 g/mol. The van der Waals surface area contributed by atoms with Crippen LogP contribution < -0.4 is 5.32 Å². The maximum absolute atomic E-state index is 12.9. The molecule has 0 fully saturated rings. The topological polar surface area (TPSA) is 75.1 Å². The van der Waals surface area contributed by atoms with Gasteiger partial charge in [0.05, 0.1) is 5.69 Å². The first-order valence-electron chi connectivity index (χ1n) is 6.25. The Balaban J connectivity index is 2.14. The van der Waals surface area contributed by atoms with Crippen LogP contribution in [0.15, 0.2) is 24.3 Å². The monoisotopic (exact) mass is 273 g/mol. The maximum Gasteiger partial charge on any atom is 0.354 e. The second kappa shape index (κ2) is 4.97. The summed E-state index contributed by atoms with van der Waals surface area (Å²) in [5, 5.41) is 12.4. The molecule has 0 aliphatic carbocycles. The second-order valence-corrected chi connectivity index (χ2v) is 4.56. The van der Waals surface area contributed by atoms with Gasteiger partial charge in [-0.25, -0.2) is 19.2 Å². The predicted octanol–water partition coefficient (Wildman–Crippen LogP) is 1.63. The van der Waals surface area contributed by atoms with E-state index >= 15 is 0 Å². The molecule has 0 unspecified atom stereocenters. The number of carboxylic acid groups (broad SMARTS) is 1. The van der Waals surface area contributed by atoms with E-state index in [4.69, 9.17) is 0 Å². The van der Waals surface area contributed by atoms with Crippen molar-refractivity contribution in [2.75, 3.05) is 6.54 Å². The molecule has 0 saturated heterocycles. The van der Waals surface area contributed by atoms with Gasteiger partial charge in [-0.2, -0.15) is 0 Å². The van der Waals surface area contributed by atoms with Gasteiger partial charge in [0.25, 0.3) is 0 Å². The van der Waals surface area contributed by atoms with Gasteiger partial charge in [-0.3, -0.25) is 0 Å². The van der Waals surface area contributed by atoms with Crippen LogP contribution >= 0.6 is 0 Å². The standard InChI is InChI=1S/C14H12FN3O2/c15-9-3-1-8(2-4-9)13-17-11-5-6-16-7-10(11)12(18-13)14(19)20/h1-4,16H,5-7H2,(H,19,20). The van der Waals surface area contributed by atoms with Gasteiger partial charge >= 0.3 is 5.97 Å². The molecule has 1 aromatic carbocycles. The van der Waals surface area contributed by atoms with Crippen LogP contribution in [0.4, 0.5) is 4.39 Å². The third kappa shape index (κ3) is 2.25. The molecule has 2 heterocycles. The minimum atomic E-state index is -1.07. The van der Waals surface area contributed by atoms with Crippen molar-refractivity contribution in [3.63, 3.8) is 0 Å². The van der Waals surface area contributed by atoms with Crippen molar-refractivity contribution >= 4 is 5.97 Å². The van der Waals surface area contributed by atoms with Gasteiger partial charge in [0, 0.05) is 30.6 Å². The fraction of sp³-hybridized carbons (Fsp3) is 0.214. The van der Waals surface area contributed by atoms with Crippen LogP contribution in [-0.2, 0) is 13.0 Å². The lowest BCUT2D eigenvalue weighted by Crippen LogP contribution is -2.28. The summed E-state index contributed by atoms with van der Waals surface area (Å²) in [5.41, 5.74) is 2.00. The zero-order chi connectivity index (χ0) is 14.1. The van der Waals surface area contributed by atoms with Gasteiger partial charge in [0.15, 0.2) is 11.5 Å². The predicted molar refractivity (Wildman–Crippen MR) is 69.8 cm³/mol. The van der Waals surface area contributed by atoms with Crippen molar-refractivity contribution in [2.24, 2.45) is 0 Å². The SMILES string of the molecule is O=C(O)c1nc(-c2ccc(F)cc2)nc2c1CNCC2. The Bertz CT molecular complexity index is 671. The van der Waals surface area contributed by atoms with Gasteiger partial charge in [-0.1, -0.05) is 0 Å². The molecular formula is C14H12FN3O2. The Morgan fingerprint density at radius 2 is 2.00 bits per heavy atom. The highest BCUT2D eigenvalue weighted by atomic mass is 19.1. The van der Waals surface area contributed by atoms with Crippen molar-refractivity contribution < 1.29 is 14.3 Å². The largest absolute Gasteiger partial charge is 0.476 e. The first kappa shape index (κ1) is 12.7. The molecule has 3 rings (SSSR count). The molecule has 5 nitrogen and oxygen atoms in total. The van der Waals surface area contributed by atoms with E-state index in [1.54, 1.807) is 12.1 Å². The Morgan fingerprint density at radius 1 is 1.25 bits per heavy atom. The first-order chi connectivity index (χ1) is 9.65. The lowest BCUT2D eigenvalue weighted by Gasteiger charge is -2.18. The first-order valence-corrected chi connectivity index (χ1v) is 6.25. The molecule has 0 amide bonds. The van der Waals surface area contributed by atoms with Crippen LogP contribution in [0, 0.1) is 5.82 Å². The van der Waals surface area contributed by atoms with Crippen LogP contribution in [0.25, 0.3) is 11.4 Å². The van der Waals surface area contributed by atoms with Gasteiger partial charge < -0.3 is 10.4 Å². The quantitative estimate of drug-likeness (QED) is 0.869. The van der Waals surface area contributed by atoms with Gasteiger partial charge in [0.1, 0.15) is 5.82 Å². The Morgan fingerprint density at radius 3 is 2.70 bits per heavy atom. The van der Waals surface area contributed by atoms with E-state index in [0.29, 0.717) is 29.9 Å². The van der Waals surface area contributed by atoms with E-state index in [0.717, 1.165) is 12.2 Å². The molecule has 0 saturated carbocycles. The number of benzene rings is 1. The fourth-order valence-corrected chi connectivity index (χ4v) is 2.25. The number of aromatic carboxylic acids is 1. The number of halogens is 1. The lowest BCUT2D eigenvalue weighted by molar-refractivity contribution is 0.0688. The van der Waals surface area contributed by atoms with E-state index in [2.05, 4.69) is 15.3 Å². The third-order valence-electron chi connectivity index (χ3n) is 3.24. The number of aromatic nitrogens is 2. The van der Waals surface area contributed by atoms with Crippen molar-refractivity contribution in [3.8, 4) is 11.4 Å². The number of hydrogen-bond acceptors (Lipinski definition) is 4. The molecule has 2 aromatic rings. The maximum atomic E-state index is 12.9. The van der Waals surface area contributed by atoms with Crippen molar-refractivity contribution in [1.82, 2.24) is 15.3 Å². The minimum Gasteiger partial charge on any atom is -0.476 e. The normalized spacial score (nSPS) is 13.8. The molecule has 1 aliphatic rings. The van der Waals surface area contributed by atoms with Crippen LogP contribution in [0.5, 0.6) is 0 Å². The van der Waals surface area contributed by atoms with Gasteiger partial charge in [0.2, 0.25) is 0 Å². The summed E-state index contributed by atoms with van der Waals surface area (Å²) in [4.78, 5) is 19.9. The summed E-state index contributed by atoms with van der Waals surface area (Å²) < 4.78 is 12.9. The zero-order valence-electron chi connectivity index (χ0n) is 10.6. The van der Waals surface area contributed by atoms with Crippen molar-refractivity contribution in [3.05, 3.63) is 47.0 Å². The molecule has 0 radical (unpaired) electrons. The lowest BCUT2D eigenvalue weighted by atomic mass is 10.0. The number of carboxylic acids is 1. The molecule has 0 spiro atoms. The highest BCUT2D eigenvalue weighted by Crippen LogP contribution is 2.22. The number of nitrogens with zero attached hydrogens (tertiary/aromatic N) is 2. The number of hydrogen-bond donors (Lipinski definition) is 2. The highest BCUT2D eigenvalue weighted by molar-refractivity contribution is 5.88. The van der Waals surface area contributed by atoms with Crippen LogP contribution in [0.3, 0.4) is 0 Å². The Labute approximate surface area is 114 Å². The molecular weight excluding hydrogens is 261 g/mol. The molecule has 1 aliphatic heterocycles. The van der Waals surface area contributed by atoms with Crippen LogP contribution in [0.1, 0.15) is 21.7 Å². The summed E-state index contributed by atoms with van der Waals surface area (Å²) >= 11 is 0. The van der Waals surface area contributed by atoms with Gasteiger partial charge in [-0.05, 0) is 24.3 Å². The number of fused-ring (bicyclic) bond motifs is 1. The molecule has 0 atom stereocenters. The summed E-state index contributed by atoms with van der Waals surface area (Å²) in [6.45, 7) is 1.21. The highest BCUT2D eigenvalue weighted by Gasteiger charge is 2.21. The van der Waals surface area contributed by atoms with E-state index < -0.39 is 5.97 Å². The smallest absolute Gasteiger partial charge is 0.354 e.